The third kappa shape index (κ3) is 8.15. The predicted octanol–water partition coefficient (Wildman–Crippen LogP) is 5.10. The number of nitrogens with zero attached hydrogens (tertiary/aromatic N) is 2. The number of rotatable bonds is 5. The first-order valence-electron chi connectivity index (χ1n) is 7.51. The van der Waals surface area contributed by atoms with E-state index in [1.165, 1.54) is 44.9 Å². The van der Waals surface area contributed by atoms with Crippen LogP contribution in [0.5, 0.6) is 0 Å². The van der Waals surface area contributed by atoms with Gasteiger partial charge in [0.15, 0.2) is 0 Å². The SMILES string of the molecule is CC.CCCC(CC)N=C=NC1CCCCC1. The van der Waals surface area contributed by atoms with Gasteiger partial charge in [-0.05, 0) is 25.7 Å². The molecule has 0 bridgehead atoms. The maximum Gasteiger partial charge on any atom is 0.0898 e. The molecule has 1 saturated carbocycles. The lowest BCUT2D eigenvalue weighted by Gasteiger charge is -2.15. The summed E-state index contributed by atoms with van der Waals surface area (Å²) in [6.45, 7) is 8.39. The molecule has 2 heteroatoms. The Kier molecular flexibility index (Phi) is 11.4. The zero-order valence-electron chi connectivity index (χ0n) is 12.2. The molecule has 0 aromatic heterocycles. The van der Waals surface area contributed by atoms with Crippen molar-refractivity contribution in [3.05, 3.63) is 0 Å². The zero-order chi connectivity index (χ0) is 12.9. The van der Waals surface area contributed by atoms with Crippen molar-refractivity contribution in [2.75, 3.05) is 0 Å². The summed E-state index contributed by atoms with van der Waals surface area (Å²) in [5, 5.41) is 0. The van der Waals surface area contributed by atoms with Gasteiger partial charge < -0.3 is 0 Å². The fourth-order valence-corrected chi connectivity index (χ4v) is 2.10. The van der Waals surface area contributed by atoms with Gasteiger partial charge in [-0.2, -0.15) is 0 Å². The highest BCUT2D eigenvalue weighted by Crippen LogP contribution is 2.19. The first-order chi connectivity index (χ1) is 8.36. The van der Waals surface area contributed by atoms with Gasteiger partial charge >= 0.3 is 0 Å². The molecule has 100 valence electrons. The summed E-state index contributed by atoms with van der Waals surface area (Å²) >= 11 is 0. The van der Waals surface area contributed by atoms with Gasteiger partial charge in [0, 0.05) is 0 Å². The highest BCUT2D eigenvalue weighted by Gasteiger charge is 2.10. The quantitative estimate of drug-likeness (QED) is 0.595. The minimum absolute atomic E-state index is 0.447. The first kappa shape index (κ1) is 16.4. The third-order valence-corrected chi connectivity index (χ3v) is 3.15. The van der Waals surface area contributed by atoms with Gasteiger partial charge in [0.2, 0.25) is 0 Å². The Labute approximate surface area is 108 Å². The molecular weight excluding hydrogens is 208 g/mol. The third-order valence-electron chi connectivity index (χ3n) is 3.15. The van der Waals surface area contributed by atoms with E-state index < -0.39 is 0 Å². The standard InChI is InChI=1S/C13H24N2.C2H6/c1-3-8-12(4-2)14-11-15-13-9-6-5-7-10-13;1-2/h12-13H,3-10H2,1-2H3;1-2H3. The van der Waals surface area contributed by atoms with Crippen LogP contribution in [0.3, 0.4) is 0 Å². The van der Waals surface area contributed by atoms with Crippen LogP contribution in [0.2, 0.25) is 0 Å². The van der Waals surface area contributed by atoms with Crippen LogP contribution < -0.4 is 0 Å². The lowest BCUT2D eigenvalue weighted by molar-refractivity contribution is 0.444. The molecular formula is C15H30N2. The van der Waals surface area contributed by atoms with E-state index in [0.29, 0.717) is 12.1 Å². The van der Waals surface area contributed by atoms with E-state index in [9.17, 15) is 0 Å². The molecule has 1 rings (SSSR count). The van der Waals surface area contributed by atoms with E-state index in [-0.39, 0.29) is 0 Å². The molecule has 2 nitrogen and oxygen atoms in total. The highest BCUT2D eigenvalue weighted by atomic mass is 14.9. The van der Waals surface area contributed by atoms with E-state index >= 15 is 0 Å². The summed E-state index contributed by atoms with van der Waals surface area (Å²) < 4.78 is 0. The Morgan fingerprint density at radius 2 is 1.76 bits per heavy atom. The molecule has 0 N–H and O–H groups in total. The van der Waals surface area contributed by atoms with Crippen LogP contribution in [-0.4, -0.2) is 18.1 Å². The Balaban J connectivity index is 0.00000121. The van der Waals surface area contributed by atoms with E-state index in [1.54, 1.807) is 0 Å². The lowest BCUT2D eigenvalue weighted by atomic mass is 9.96. The lowest BCUT2D eigenvalue weighted by Crippen LogP contribution is -2.09. The van der Waals surface area contributed by atoms with Crippen molar-refractivity contribution in [2.24, 2.45) is 9.98 Å². The van der Waals surface area contributed by atoms with Crippen molar-refractivity contribution in [2.45, 2.75) is 91.1 Å². The molecule has 0 aromatic rings. The molecule has 0 amide bonds. The number of hydrogen-bond acceptors (Lipinski definition) is 2. The van der Waals surface area contributed by atoms with Crippen LogP contribution >= 0.6 is 0 Å². The maximum atomic E-state index is 4.44. The number of hydrogen-bond donors (Lipinski definition) is 0. The van der Waals surface area contributed by atoms with Gasteiger partial charge in [0.05, 0.1) is 18.1 Å². The molecule has 1 aliphatic rings. The molecule has 0 aliphatic heterocycles. The Morgan fingerprint density at radius 3 is 2.29 bits per heavy atom. The molecule has 1 unspecified atom stereocenters. The van der Waals surface area contributed by atoms with Gasteiger partial charge in [-0.25, -0.2) is 9.98 Å². The molecule has 1 aliphatic carbocycles. The van der Waals surface area contributed by atoms with Crippen LogP contribution in [0.15, 0.2) is 9.98 Å². The Hall–Kier alpha value is -0.620. The van der Waals surface area contributed by atoms with Crippen LogP contribution in [0.25, 0.3) is 0 Å². The van der Waals surface area contributed by atoms with Gasteiger partial charge in [-0.3, -0.25) is 0 Å². The normalized spacial score (nSPS) is 17.4. The second kappa shape index (κ2) is 11.9. The van der Waals surface area contributed by atoms with Crippen molar-refractivity contribution in [1.82, 2.24) is 0 Å². The Morgan fingerprint density at radius 1 is 1.12 bits per heavy atom. The predicted molar refractivity (Wildman–Crippen MR) is 77.1 cm³/mol. The highest BCUT2D eigenvalue weighted by molar-refractivity contribution is 5.42. The zero-order valence-corrected chi connectivity index (χ0v) is 12.2. The monoisotopic (exact) mass is 238 g/mol. The van der Waals surface area contributed by atoms with Crippen molar-refractivity contribution in [3.8, 4) is 0 Å². The van der Waals surface area contributed by atoms with Crippen molar-refractivity contribution in [3.63, 3.8) is 0 Å². The van der Waals surface area contributed by atoms with Gasteiger partial charge in [-0.15, -0.1) is 0 Å². The van der Waals surface area contributed by atoms with Crippen molar-refractivity contribution >= 4 is 6.01 Å². The second-order valence-corrected chi connectivity index (χ2v) is 4.50. The van der Waals surface area contributed by atoms with Crippen LogP contribution in [0, 0.1) is 0 Å². The van der Waals surface area contributed by atoms with Gasteiger partial charge in [0.1, 0.15) is 0 Å². The topological polar surface area (TPSA) is 24.7 Å². The minimum atomic E-state index is 0.447. The summed E-state index contributed by atoms with van der Waals surface area (Å²) in [4.78, 5) is 8.85. The van der Waals surface area contributed by atoms with E-state index in [2.05, 4.69) is 29.8 Å². The molecule has 0 saturated heterocycles. The second-order valence-electron chi connectivity index (χ2n) is 4.50. The molecule has 1 atom stereocenters. The fraction of sp³-hybridized carbons (Fsp3) is 0.933. The van der Waals surface area contributed by atoms with Crippen molar-refractivity contribution in [1.29, 1.82) is 0 Å². The molecule has 0 radical (unpaired) electrons. The minimum Gasteiger partial charge on any atom is -0.222 e. The first-order valence-corrected chi connectivity index (χ1v) is 7.51. The maximum absolute atomic E-state index is 4.44. The molecule has 0 spiro atoms. The van der Waals surface area contributed by atoms with Crippen LogP contribution in [0.1, 0.15) is 79.1 Å². The van der Waals surface area contributed by atoms with Crippen LogP contribution in [0.4, 0.5) is 0 Å². The summed E-state index contributed by atoms with van der Waals surface area (Å²) in [6, 6.07) is 3.90. The number of aliphatic imine (C=N–C) groups is 2. The van der Waals surface area contributed by atoms with Crippen LogP contribution in [-0.2, 0) is 0 Å². The summed E-state index contributed by atoms with van der Waals surface area (Å²) in [5.74, 6) is 0. The van der Waals surface area contributed by atoms with E-state index in [0.717, 1.165) is 6.42 Å². The largest absolute Gasteiger partial charge is 0.222 e. The summed E-state index contributed by atoms with van der Waals surface area (Å²) in [7, 11) is 0. The van der Waals surface area contributed by atoms with Crippen molar-refractivity contribution < 1.29 is 0 Å². The smallest absolute Gasteiger partial charge is 0.0898 e. The molecule has 17 heavy (non-hydrogen) atoms. The van der Waals surface area contributed by atoms with Gasteiger partial charge in [0.25, 0.3) is 0 Å². The van der Waals surface area contributed by atoms with E-state index in [1.807, 2.05) is 13.8 Å². The fourth-order valence-electron chi connectivity index (χ4n) is 2.10. The molecule has 0 heterocycles. The van der Waals surface area contributed by atoms with E-state index in [4.69, 9.17) is 0 Å². The average Bonchev–Trinajstić information content (AvgIpc) is 2.41. The summed E-state index contributed by atoms with van der Waals surface area (Å²) in [5.41, 5.74) is 0. The summed E-state index contributed by atoms with van der Waals surface area (Å²) in [6.07, 6.45) is 10.0. The average molecular weight is 238 g/mol. The van der Waals surface area contributed by atoms with Gasteiger partial charge in [-0.1, -0.05) is 53.4 Å². The molecule has 0 aromatic carbocycles. The Bertz CT molecular complexity index is 202. The molecule has 1 fully saturated rings.